The quantitative estimate of drug-likeness (QED) is 0.482. The van der Waals surface area contributed by atoms with Gasteiger partial charge in [-0.2, -0.15) is 0 Å². The van der Waals surface area contributed by atoms with E-state index >= 15 is 0 Å². The van der Waals surface area contributed by atoms with Crippen molar-refractivity contribution >= 4 is 0 Å². The fourth-order valence-electron chi connectivity index (χ4n) is 0.892. The molecule has 10 heavy (non-hydrogen) atoms. The van der Waals surface area contributed by atoms with Crippen LogP contribution in [0.15, 0.2) is 35.2 Å². The molecule has 0 atom stereocenters. The molecule has 0 aliphatic heterocycles. The minimum Gasteiger partial charge on any atom is -0.207 e. The Balaban J connectivity index is 2.92. The number of halogens is 1. The van der Waals surface area contributed by atoms with Gasteiger partial charge in [0.25, 0.3) is 0 Å². The van der Waals surface area contributed by atoms with Gasteiger partial charge >= 0.3 is 0 Å². The SMILES string of the molecule is CC1=CCC=C(C)C(F)=C1. The van der Waals surface area contributed by atoms with Crippen molar-refractivity contribution < 1.29 is 4.39 Å². The van der Waals surface area contributed by atoms with Gasteiger partial charge in [-0.3, -0.25) is 0 Å². The number of allylic oxidation sites excluding steroid dienone is 6. The second kappa shape index (κ2) is 2.82. The highest BCUT2D eigenvalue weighted by Gasteiger charge is 1.99. The van der Waals surface area contributed by atoms with E-state index in [1.54, 1.807) is 13.0 Å². The summed E-state index contributed by atoms with van der Waals surface area (Å²) in [6.45, 7) is 3.70. The van der Waals surface area contributed by atoms with Crippen LogP contribution in [0.5, 0.6) is 0 Å². The molecule has 1 aliphatic carbocycles. The van der Waals surface area contributed by atoms with Crippen LogP contribution in [0.2, 0.25) is 0 Å². The van der Waals surface area contributed by atoms with Crippen molar-refractivity contribution in [3.8, 4) is 0 Å². The van der Waals surface area contributed by atoms with E-state index in [-0.39, 0.29) is 5.83 Å². The molecule has 0 aromatic rings. The average molecular weight is 138 g/mol. The fraction of sp³-hybridized carbons (Fsp3) is 0.333. The van der Waals surface area contributed by atoms with E-state index in [1.807, 2.05) is 19.1 Å². The van der Waals surface area contributed by atoms with Crippen LogP contribution < -0.4 is 0 Å². The molecule has 0 N–H and O–H groups in total. The van der Waals surface area contributed by atoms with Crippen molar-refractivity contribution in [1.29, 1.82) is 0 Å². The normalized spacial score (nSPS) is 18.9. The molecule has 0 fully saturated rings. The summed E-state index contributed by atoms with van der Waals surface area (Å²) >= 11 is 0. The van der Waals surface area contributed by atoms with Gasteiger partial charge in [0.15, 0.2) is 0 Å². The second-order valence-corrected chi connectivity index (χ2v) is 2.56. The Bertz CT molecular complexity index is 219. The number of hydrogen-bond acceptors (Lipinski definition) is 0. The lowest BCUT2D eigenvalue weighted by atomic mass is 10.2. The van der Waals surface area contributed by atoms with Crippen molar-refractivity contribution in [1.82, 2.24) is 0 Å². The van der Waals surface area contributed by atoms with Crippen LogP contribution in [0, 0.1) is 0 Å². The van der Waals surface area contributed by atoms with Gasteiger partial charge in [-0.15, -0.1) is 0 Å². The van der Waals surface area contributed by atoms with Crippen LogP contribution in [0.1, 0.15) is 20.3 Å². The molecule has 0 saturated heterocycles. The zero-order valence-electron chi connectivity index (χ0n) is 6.32. The van der Waals surface area contributed by atoms with E-state index in [2.05, 4.69) is 0 Å². The zero-order valence-corrected chi connectivity index (χ0v) is 6.32. The molecule has 0 aromatic carbocycles. The third kappa shape index (κ3) is 1.56. The monoisotopic (exact) mass is 138 g/mol. The summed E-state index contributed by atoms with van der Waals surface area (Å²) in [6, 6.07) is 0. The number of rotatable bonds is 0. The highest BCUT2D eigenvalue weighted by Crippen LogP contribution is 2.17. The van der Waals surface area contributed by atoms with Gasteiger partial charge in [0.05, 0.1) is 0 Å². The minimum absolute atomic E-state index is 0.105. The van der Waals surface area contributed by atoms with E-state index in [0.717, 1.165) is 17.6 Å². The summed E-state index contributed by atoms with van der Waals surface area (Å²) in [5.41, 5.74) is 1.75. The van der Waals surface area contributed by atoms with Gasteiger partial charge in [0.1, 0.15) is 5.83 Å². The van der Waals surface area contributed by atoms with E-state index in [4.69, 9.17) is 0 Å². The molecule has 54 valence electrons. The first-order chi connectivity index (χ1) is 4.70. The summed E-state index contributed by atoms with van der Waals surface area (Å²) < 4.78 is 12.8. The van der Waals surface area contributed by atoms with Gasteiger partial charge < -0.3 is 0 Å². The van der Waals surface area contributed by atoms with Crippen molar-refractivity contribution in [3.05, 3.63) is 35.2 Å². The third-order valence-corrected chi connectivity index (χ3v) is 1.59. The van der Waals surface area contributed by atoms with E-state index < -0.39 is 0 Å². The molecule has 0 unspecified atom stereocenters. The first kappa shape index (κ1) is 7.26. The maximum Gasteiger partial charge on any atom is 0.126 e. The van der Waals surface area contributed by atoms with Crippen molar-refractivity contribution in [3.63, 3.8) is 0 Å². The predicted octanol–water partition coefficient (Wildman–Crippen LogP) is 3.14. The number of hydrogen-bond donors (Lipinski definition) is 0. The van der Waals surface area contributed by atoms with Crippen molar-refractivity contribution in [2.45, 2.75) is 20.3 Å². The molecule has 0 heterocycles. The maximum atomic E-state index is 12.8. The summed E-state index contributed by atoms with van der Waals surface area (Å²) in [6.07, 6.45) is 6.32. The lowest BCUT2D eigenvalue weighted by Gasteiger charge is -1.92. The Kier molecular flexibility index (Phi) is 2.05. The topological polar surface area (TPSA) is 0 Å². The first-order valence-electron chi connectivity index (χ1n) is 3.41. The molecule has 0 amide bonds. The molecule has 0 nitrogen and oxygen atoms in total. The summed E-state index contributed by atoms with van der Waals surface area (Å²) in [5.74, 6) is -0.105. The molecule has 0 spiro atoms. The van der Waals surface area contributed by atoms with Crippen LogP contribution >= 0.6 is 0 Å². The average Bonchev–Trinajstić information content (AvgIpc) is 1.96. The van der Waals surface area contributed by atoms with Gasteiger partial charge in [-0.25, -0.2) is 4.39 Å². The molecule has 1 aliphatic rings. The van der Waals surface area contributed by atoms with Crippen LogP contribution in [0.3, 0.4) is 0 Å². The Hall–Kier alpha value is -0.850. The molecule has 1 rings (SSSR count). The van der Waals surface area contributed by atoms with E-state index in [0.29, 0.717) is 0 Å². The summed E-state index contributed by atoms with van der Waals surface area (Å²) in [5, 5.41) is 0. The van der Waals surface area contributed by atoms with Gasteiger partial charge in [0.2, 0.25) is 0 Å². The Morgan fingerprint density at radius 3 is 2.70 bits per heavy atom. The van der Waals surface area contributed by atoms with Crippen molar-refractivity contribution in [2.24, 2.45) is 0 Å². The van der Waals surface area contributed by atoms with E-state index in [9.17, 15) is 4.39 Å². The molecular formula is C9H11F. The highest BCUT2D eigenvalue weighted by atomic mass is 19.1. The molecule has 1 heteroatoms. The van der Waals surface area contributed by atoms with Gasteiger partial charge in [-0.05, 0) is 31.9 Å². The highest BCUT2D eigenvalue weighted by molar-refractivity contribution is 5.34. The summed E-state index contributed by atoms with van der Waals surface area (Å²) in [4.78, 5) is 0. The molecule has 0 radical (unpaired) electrons. The Morgan fingerprint density at radius 2 is 2.00 bits per heavy atom. The molecule has 0 saturated carbocycles. The first-order valence-corrected chi connectivity index (χ1v) is 3.41. The predicted molar refractivity (Wildman–Crippen MR) is 41.3 cm³/mol. The Labute approximate surface area is 60.7 Å². The lowest BCUT2D eigenvalue weighted by Crippen LogP contribution is -1.74. The lowest BCUT2D eigenvalue weighted by molar-refractivity contribution is 0.650. The fourth-order valence-corrected chi connectivity index (χ4v) is 0.892. The van der Waals surface area contributed by atoms with Crippen LogP contribution in [0.4, 0.5) is 4.39 Å². The third-order valence-electron chi connectivity index (χ3n) is 1.59. The smallest absolute Gasteiger partial charge is 0.126 e. The van der Waals surface area contributed by atoms with Gasteiger partial charge in [-0.1, -0.05) is 17.7 Å². The molecular weight excluding hydrogens is 127 g/mol. The van der Waals surface area contributed by atoms with E-state index in [1.165, 1.54) is 0 Å². The standard InChI is InChI=1S/C9H11F/c1-7-4-3-5-8(2)9(10)6-7/h4-6H,3H2,1-2H3. The van der Waals surface area contributed by atoms with Crippen molar-refractivity contribution in [2.75, 3.05) is 0 Å². The zero-order chi connectivity index (χ0) is 7.56. The molecule has 0 bridgehead atoms. The Morgan fingerprint density at radius 1 is 1.30 bits per heavy atom. The van der Waals surface area contributed by atoms with Crippen LogP contribution in [0.25, 0.3) is 0 Å². The van der Waals surface area contributed by atoms with Crippen LogP contribution in [-0.4, -0.2) is 0 Å². The van der Waals surface area contributed by atoms with Crippen LogP contribution in [-0.2, 0) is 0 Å². The maximum absolute atomic E-state index is 12.8. The van der Waals surface area contributed by atoms with Gasteiger partial charge in [0, 0.05) is 0 Å². The summed E-state index contributed by atoms with van der Waals surface area (Å²) in [7, 11) is 0. The second-order valence-electron chi connectivity index (χ2n) is 2.56. The largest absolute Gasteiger partial charge is 0.207 e. The molecule has 0 aromatic heterocycles. The minimum atomic E-state index is -0.105.